The van der Waals surface area contributed by atoms with Crippen molar-refractivity contribution >= 4 is 25.8 Å². The van der Waals surface area contributed by atoms with E-state index >= 15 is 0 Å². The third-order valence-corrected chi connectivity index (χ3v) is 5.80. The predicted octanol–water partition coefficient (Wildman–Crippen LogP) is -0.0597. The van der Waals surface area contributed by atoms with Gasteiger partial charge in [0.15, 0.2) is 6.23 Å². The van der Waals surface area contributed by atoms with E-state index in [0.29, 0.717) is 12.3 Å². The van der Waals surface area contributed by atoms with Crippen molar-refractivity contribution in [3.8, 4) is 0 Å². The second kappa shape index (κ2) is 11.8. The molecule has 2 aliphatic heterocycles. The van der Waals surface area contributed by atoms with Gasteiger partial charge in [0.1, 0.15) is 24.0 Å². The highest BCUT2D eigenvalue weighted by atomic mass is 31.2. The molecular formula is C19H31N4O8P. The number of hydrogen-bond donors (Lipinski definition) is 6. The predicted molar refractivity (Wildman–Crippen MR) is 116 cm³/mol. The molecule has 2 aliphatic rings. The van der Waals surface area contributed by atoms with Crippen molar-refractivity contribution in [1.29, 1.82) is 0 Å². The van der Waals surface area contributed by atoms with Crippen molar-refractivity contribution in [3.63, 3.8) is 0 Å². The first-order valence-electron chi connectivity index (χ1n) is 10.2. The minimum Gasteiger partial charge on any atom is -0.387 e. The van der Waals surface area contributed by atoms with Crippen LogP contribution in [0.2, 0.25) is 0 Å². The molecular weight excluding hydrogens is 443 g/mol. The van der Waals surface area contributed by atoms with Crippen LogP contribution in [0.25, 0.3) is 0 Å². The summed E-state index contributed by atoms with van der Waals surface area (Å²) in [6.45, 7) is 3.42. The Labute approximate surface area is 186 Å². The maximum absolute atomic E-state index is 11.8. The lowest BCUT2D eigenvalue weighted by molar-refractivity contribution is -0.114. The molecule has 32 heavy (non-hydrogen) atoms. The van der Waals surface area contributed by atoms with E-state index in [4.69, 9.17) is 20.3 Å². The molecule has 1 fully saturated rings. The lowest BCUT2D eigenvalue weighted by Gasteiger charge is -2.19. The van der Waals surface area contributed by atoms with Crippen molar-refractivity contribution in [2.75, 3.05) is 6.61 Å². The van der Waals surface area contributed by atoms with Crippen molar-refractivity contribution < 1.29 is 38.6 Å². The Kier molecular flexibility index (Phi) is 9.71. The molecule has 6 atom stereocenters. The third-order valence-electron chi connectivity index (χ3n) is 5.31. The minimum atomic E-state index is -4.76. The van der Waals surface area contributed by atoms with Gasteiger partial charge in [-0.2, -0.15) is 0 Å². The molecule has 2 rings (SSSR count). The summed E-state index contributed by atoms with van der Waals surface area (Å²) in [6.07, 6.45) is 3.73. The number of hydrogen-bond acceptors (Lipinski definition) is 8. The highest BCUT2D eigenvalue weighted by molar-refractivity contribution is 7.46. The lowest BCUT2D eigenvalue weighted by atomic mass is 9.90. The van der Waals surface area contributed by atoms with E-state index in [1.807, 2.05) is 6.92 Å². The Morgan fingerprint density at radius 2 is 2.12 bits per heavy atom. The number of primary amides is 1. The van der Waals surface area contributed by atoms with Gasteiger partial charge < -0.3 is 35.8 Å². The molecule has 0 bridgehead atoms. The van der Waals surface area contributed by atoms with Crippen LogP contribution in [0.4, 0.5) is 0 Å². The van der Waals surface area contributed by atoms with E-state index in [1.54, 1.807) is 12.3 Å². The van der Waals surface area contributed by atoms with Crippen molar-refractivity contribution in [3.05, 3.63) is 24.0 Å². The van der Waals surface area contributed by atoms with E-state index in [-0.39, 0.29) is 11.6 Å². The quantitative estimate of drug-likeness (QED) is 0.115. The Morgan fingerprint density at radius 3 is 2.78 bits per heavy atom. The van der Waals surface area contributed by atoms with E-state index in [1.165, 1.54) is 0 Å². The van der Waals surface area contributed by atoms with Crippen molar-refractivity contribution in [2.45, 2.75) is 57.6 Å². The molecule has 0 aliphatic carbocycles. The number of phosphoric ester groups is 1. The van der Waals surface area contributed by atoms with Gasteiger partial charge >= 0.3 is 7.82 Å². The molecule has 12 nitrogen and oxygen atoms in total. The first-order chi connectivity index (χ1) is 15.0. The first kappa shape index (κ1) is 26.3. The van der Waals surface area contributed by atoms with Gasteiger partial charge in [-0.15, -0.1) is 0 Å². The van der Waals surface area contributed by atoms with Crippen molar-refractivity contribution in [2.24, 2.45) is 27.6 Å². The third kappa shape index (κ3) is 8.21. The van der Waals surface area contributed by atoms with E-state index < -0.39 is 44.9 Å². The number of allylic oxidation sites excluding steroid dienone is 2. The number of ether oxygens (including phenoxy) is 1. The van der Waals surface area contributed by atoms with Gasteiger partial charge in [-0.3, -0.25) is 14.3 Å². The Morgan fingerprint density at radius 1 is 1.41 bits per heavy atom. The number of aliphatic hydroxyl groups is 2. The number of carbonyl (C=O) groups excluding carboxylic acids is 1. The molecule has 0 radical (unpaired) electrons. The van der Waals surface area contributed by atoms with Crippen LogP contribution in [0.1, 0.15) is 33.1 Å². The van der Waals surface area contributed by atoms with Crippen LogP contribution in [0.5, 0.6) is 0 Å². The maximum Gasteiger partial charge on any atom is 0.469 e. The average Bonchev–Trinajstić information content (AvgIpc) is 2.96. The fraction of sp³-hybridized carbons (Fsp3) is 0.632. The molecule has 1 amide bonds. The zero-order chi connectivity index (χ0) is 23.9. The summed E-state index contributed by atoms with van der Waals surface area (Å²) in [5, 5.41) is 22.6. The number of aliphatic hydroxyl groups excluding tert-OH is 2. The van der Waals surface area contributed by atoms with E-state index in [9.17, 15) is 19.6 Å². The molecule has 0 saturated carbocycles. The maximum atomic E-state index is 11.8. The second-order valence-corrected chi connectivity index (χ2v) is 9.08. The number of nitrogens with two attached hydrogens (primary N) is 1. The highest BCUT2D eigenvalue weighted by Gasteiger charge is 2.43. The molecule has 2 heterocycles. The van der Waals surface area contributed by atoms with Gasteiger partial charge in [-0.25, -0.2) is 9.56 Å². The fourth-order valence-corrected chi connectivity index (χ4v) is 3.64. The summed E-state index contributed by atoms with van der Waals surface area (Å²) < 4.78 is 20.3. The zero-order valence-electron chi connectivity index (χ0n) is 17.9. The summed E-state index contributed by atoms with van der Waals surface area (Å²) in [5.41, 5.74) is 6.49. The number of phosphoric acid groups is 1. The monoisotopic (exact) mass is 474 g/mol. The second-order valence-electron chi connectivity index (χ2n) is 7.84. The van der Waals surface area contributed by atoms with Crippen LogP contribution in [-0.4, -0.2) is 69.1 Å². The largest absolute Gasteiger partial charge is 0.469 e. The first-order valence-corrected chi connectivity index (χ1v) is 11.7. The summed E-state index contributed by atoms with van der Waals surface area (Å²) in [6, 6.07) is 0. The number of carbonyl (C=O) groups is 1. The van der Waals surface area contributed by atoms with Gasteiger partial charge in [0, 0.05) is 17.8 Å². The molecule has 180 valence electrons. The van der Waals surface area contributed by atoms with Gasteiger partial charge in [-0.05, 0) is 32.1 Å². The van der Waals surface area contributed by atoms with Gasteiger partial charge in [0.2, 0.25) is 0 Å². The molecule has 7 N–H and O–H groups in total. The normalized spacial score (nSPS) is 32.9. The molecule has 0 spiro atoms. The van der Waals surface area contributed by atoms with Gasteiger partial charge in [0.05, 0.1) is 12.9 Å². The fourth-order valence-electron chi connectivity index (χ4n) is 3.30. The summed E-state index contributed by atoms with van der Waals surface area (Å²) >= 11 is 0. The van der Waals surface area contributed by atoms with Crippen LogP contribution in [0.15, 0.2) is 34.0 Å². The molecule has 0 aromatic rings. The average molecular weight is 474 g/mol. The Balaban J connectivity index is 1.97. The summed E-state index contributed by atoms with van der Waals surface area (Å²) in [4.78, 5) is 37.6. The van der Waals surface area contributed by atoms with Crippen molar-refractivity contribution in [1.82, 2.24) is 5.32 Å². The van der Waals surface area contributed by atoms with Crippen LogP contribution in [0, 0.1) is 11.8 Å². The van der Waals surface area contributed by atoms with E-state index in [0.717, 1.165) is 24.9 Å². The summed E-state index contributed by atoms with van der Waals surface area (Å²) in [7, 11) is -4.76. The number of amides is 1. The number of nitrogens with one attached hydrogen (secondary N) is 1. The molecule has 13 heteroatoms. The van der Waals surface area contributed by atoms with Crippen LogP contribution < -0.4 is 11.1 Å². The van der Waals surface area contributed by atoms with Crippen LogP contribution in [-0.2, 0) is 18.6 Å². The number of rotatable bonds is 9. The Bertz CT molecular complexity index is 824. The zero-order valence-corrected chi connectivity index (χ0v) is 18.8. The van der Waals surface area contributed by atoms with Gasteiger partial charge in [0.25, 0.3) is 5.91 Å². The minimum absolute atomic E-state index is 0.0987. The highest BCUT2D eigenvalue weighted by Crippen LogP contribution is 2.37. The molecule has 6 unspecified atom stereocenters. The molecule has 1 saturated heterocycles. The smallest absolute Gasteiger partial charge is 0.387 e. The van der Waals surface area contributed by atoms with Gasteiger partial charge in [-0.1, -0.05) is 19.1 Å². The van der Waals surface area contributed by atoms with Crippen LogP contribution >= 0.6 is 7.82 Å². The standard InChI is InChI=1S/C19H31N4O8P/c1-11-3-4-13(12(2)21-8-7-11)5-6-14(18(20)26)22-10-23-19-17(25)16(24)15(31-19)9-30-32(27,28)29/h6-8,10-11,13,15-17,19,24-25H,3-5,9H2,1-2H3,(H2,20,26)(H,22,23)(H2,27,28,29)/b8-7-,14-6+,21-12?. The lowest BCUT2D eigenvalue weighted by Crippen LogP contribution is -2.34. The topological polar surface area (TPSA) is 196 Å². The molecule has 0 aromatic heterocycles. The summed E-state index contributed by atoms with van der Waals surface area (Å²) in [5.74, 6) is -0.130. The Hall–Kier alpha value is -1.92. The SMILES string of the molecule is CC1=N/C=C\C(C)CCC1C/C=C(/NC=NC1OC(COP(=O)(O)O)C(O)C1O)C(N)=O. The number of nitrogens with zero attached hydrogens (tertiary/aromatic N) is 2. The number of aliphatic imine (C=N–C) groups is 2. The van der Waals surface area contributed by atoms with Crippen LogP contribution in [0.3, 0.4) is 0 Å². The molecule has 0 aromatic carbocycles. The van der Waals surface area contributed by atoms with E-state index in [2.05, 4.69) is 32.8 Å².